The Hall–Kier alpha value is -1.55. The first kappa shape index (κ1) is 18.2. The first-order chi connectivity index (χ1) is 12.2. The van der Waals surface area contributed by atoms with Crippen LogP contribution in [0, 0.1) is 5.41 Å². The fraction of sp³-hybridized carbons (Fsp3) is 0.667. The van der Waals surface area contributed by atoms with Crippen molar-refractivity contribution in [1.82, 2.24) is 4.90 Å². The van der Waals surface area contributed by atoms with Crippen molar-refractivity contribution < 1.29 is 14.3 Å². The van der Waals surface area contributed by atoms with Crippen LogP contribution in [0.5, 0.6) is 5.75 Å². The van der Waals surface area contributed by atoms with Gasteiger partial charge >= 0.3 is 0 Å². The van der Waals surface area contributed by atoms with Gasteiger partial charge in [-0.15, -0.1) is 0 Å². The average molecular weight is 345 g/mol. The van der Waals surface area contributed by atoms with E-state index >= 15 is 0 Å². The number of nitrogens with zero attached hydrogens (tertiary/aromatic N) is 1. The van der Waals surface area contributed by atoms with Gasteiger partial charge < -0.3 is 14.4 Å². The van der Waals surface area contributed by atoms with Gasteiger partial charge in [-0.2, -0.15) is 0 Å². The van der Waals surface area contributed by atoms with Gasteiger partial charge in [-0.05, 0) is 44.2 Å². The highest BCUT2D eigenvalue weighted by atomic mass is 16.5. The summed E-state index contributed by atoms with van der Waals surface area (Å²) in [5.41, 5.74) is 0.850. The number of benzene rings is 1. The van der Waals surface area contributed by atoms with E-state index in [1.807, 2.05) is 36.3 Å². The number of methoxy groups -OCH3 is 1. The van der Waals surface area contributed by atoms with Gasteiger partial charge in [0.2, 0.25) is 0 Å². The number of piperidine rings is 1. The van der Waals surface area contributed by atoms with E-state index in [9.17, 15) is 4.79 Å². The van der Waals surface area contributed by atoms with Crippen molar-refractivity contribution in [3.63, 3.8) is 0 Å². The Bertz CT molecular complexity index is 588. The molecule has 0 aromatic heterocycles. The fourth-order valence-corrected chi connectivity index (χ4v) is 4.54. The molecule has 1 aromatic carbocycles. The zero-order valence-corrected chi connectivity index (χ0v) is 15.6. The van der Waals surface area contributed by atoms with Crippen LogP contribution >= 0.6 is 0 Å². The van der Waals surface area contributed by atoms with Gasteiger partial charge in [0.15, 0.2) is 0 Å². The molecule has 0 radical (unpaired) electrons. The summed E-state index contributed by atoms with van der Waals surface area (Å²) in [5.74, 6) is 0.822. The van der Waals surface area contributed by atoms with Crippen LogP contribution in [-0.4, -0.2) is 43.7 Å². The van der Waals surface area contributed by atoms with E-state index in [0.29, 0.717) is 18.3 Å². The molecule has 1 aromatic rings. The third kappa shape index (κ3) is 3.84. The number of unbranched alkanes of at least 4 members (excludes halogenated alkanes) is 1. The molecule has 1 saturated heterocycles. The summed E-state index contributed by atoms with van der Waals surface area (Å²) in [6, 6.07) is 7.67. The summed E-state index contributed by atoms with van der Waals surface area (Å²) in [6.45, 7) is 4.45. The van der Waals surface area contributed by atoms with Crippen LogP contribution in [0.15, 0.2) is 24.3 Å². The Morgan fingerprint density at radius 1 is 1.28 bits per heavy atom. The number of para-hydroxylation sites is 1. The summed E-state index contributed by atoms with van der Waals surface area (Å²) >= 11 is 0. The van der Waals surface area contributed by atoms with E-state index in [2.05, 4.69) is 6.92 Å². The number of hydrogen-bond acceptors (Lipinski definition) is 3. The molecule has 0 bridgehead atoms. The largest absolute Gasteiger partial charge is 0.493 e. The molecule has 1 heterocycles. The number of hydrogen-bond donors (Lipinski definition) is 0. The molecule has 3 rings (SSSR count). The highest BCUT2D eigenvalue weighted by Crippen LogP contribution is 2.46. The van der Waals surface area contributed by atoms with Crippen LogP contribution in [0.2, 0.25) is 0 Å². The molecule has 2 atom stereocenters. The Labute approximate surface area is 151 Å². The first-order valence-electron chi connectivity index (χ1n) is 9.74. The molecule has 0 unspecified atom stereocenters. The Morgan fingerprint density at radius 3 is 2.88 bits per heavy atom. The summed E-state index contributed by atoms with van der Waals surface area (Å²) in [5, 5.41) is 0. The van der Waals surface area contributed by atoms with Gasteiger partial charge in [-0.25, -0.2) is 0 Å². The van der Waals surface area contributed by atoms with E-state index < -0.39 is 0 Å². The quantitative estimate of drug-likeness (QED) is 0.722. The zero-order valence-electron chi connectivity index (χ0n) is 15.6. The maximum absolute atomic E-state index is 13.2. The highest BCUT2D eigenvalue weighted by molar-refractivity contribution is 5.97. The number of carbonyl (C=O) groups is 1. The van der Waals surface area contributed by atoms with Crippen molar-refractivity contribution in [3.8, 4) is 5.75 Å². The standard InChI is InChI=1S/C21H31NO3/c1-3-4-15-25-18-10-6-5-9-17(18)20(23)22-14-8-13-21(16-22)12-7-11-19(21)24-2/h5-6,9-10,19H,3-4,7-8,11-16H2,1-2H3/t19-,21+/m1/s1. The van der Waals surface area contributed by atoms with Gasteiger partial charge in [0, 0.05) is 25.6 Å². The third-order valence-electron chi connectivity index (χ3n) is 5.88. The van der Waals surface area contributed by atoms with E-state index in [4.69, 9.17) is 9.47 Å². The molecule has 1 saturated carbocycles. The molecule has 2 aliphatic rings. The Balaban J connectivity index is 1.74. The lowest BCUT2D eigenvalue weighted by molar-refractivity contribution is -0.0296. The van der Waals surface area contributed by atoms with Gasteiger partial charge in [-0.3, -0.25) is 4.79 Å². The molecule has 4 nitrogen and oxygen atoms in total. The number of carbonyl (C=O) groups excluding carboxylic acids is 1. The second kappa shape index (κ2) is 8.22. The zero-order chi connectivity index (χ0) is 17.7. The monoisotopic (exact) mass is 345 g/mol. The molecular formula is C21H31NO3. The van der Waals surface area contributed by atoms with Crippen LogP contribution in [0.25, 0.3) is 0 Å². The predicted molar refractivity (Wildman–Crippen MR) is 99.1 cm³/mol. The molecule has 1 amide bonds. The minimum absolute atomic E-state index is 0.105. The normalized spacial score (nSPS) is 26.2. The second-order valence-corrected chi connectivity index (χ2v) is 7.51. The Morgan fingerprint density at radius 2 is 2.08 bits per heavy atom. The van der Waals surface area contributed by atoms with Crippen LogP contribution in [0.4, 0.5) is 0 Å². The number of amides is 1. The van der Waals surface area contributed by atoms with Crippen molar-refractivity contribution in [2.75, 3.05) is 26.8 Å². The lowest BCUT2D eigenvalue weighted by atomic mass is 9.76. The van der Waals surface area contributed by atoms with E-state index in [1.54, 1.807) is 0 Å². The molecule has 0 N–H and O–H groups in total. The molecule has 4 heteroatoms. The summed E-state index contributed by atoms with van der Waals surface area (Å²) in [4.78, 5) is 15.2. The van der Waals surface area contributed by atoms with Crippen LogP contribution in [-0.2, 0) is 4.74 Å². The van der Waals surface area contributed by atoms with E-state index in [-0.39, 0.29) is 11.3 Å². The highest BCUT2D eigenvalue weighted by Gasteiger charge is 2.46. The lowest BCUT2D eigenvalue weighted by Crippen LogP contribution is -2.49. The topological polar surface area (TPSA) is 38.8 Å². The van der Waals surface area contributed by atoms with Gasteiger partial charge in [-0.1, -0.05) is 31.9 Å². The Kier molecular flexibility index (Phi) is 6.00. The van der Waals surface area contributed by atoms with Crippen molar-refractivity contribution in [2.45, 2.75) is 58.0 Å². The third-order valence-corrected chi connectivity index (χ3v) is 5.88. The molecule has 1 spiro atoms. The summed E-state index contributed by atoms with van der Waals surface area (Å²) in [6.07, 6.45) is 8.11. The number of rotatable bonds is 6. The maximum Gasteiger partial charge on any atom is 0.257 e. The van der Waals surface area contributed by atoms with Crippen molar-refractivity contribution in [1.29, 1.82) is 0 Å². The number of likely N-dealkylation sites (tertiary alicyclic amines) is 1. The van der Waals surface area contributed by atoms with Crippen molar-refractivity contribution >= 4 is 5.91 Å². The van der Waals surface area contributed by atoms with Gasteiger partial charge in [0.05, 0.1) is 18.3 Å². The second-order valence-electron chi connectivity index (χ2n) is 7.51. The fourth-order valence-electron chi connectivity index (χ4n) is 4.54. The van der Waals surface area contributed by atoms with Gasteiger partial charge in [0.1, 0.15) is 5.75 Å². The summed E-state index contributed by atoms with van der Waals surface area (Å²) < 4.78 is 11.6. The van der Waals surface area contributed by atoms with Crippen LogP contribution in [0.1, 0.15) is 62.2 Å². The van der Waals surface area contributed by atoms with Crippen LogP contribution in [0.3, 0.4) is 0 Å². The maximum atomic E-state index is 13.2. The predicted octanol–water partition coefficient (Wildman–Crippen LogP) is 4.29. The van der Waals surface area contributed by atoms with Crippen LogP contribution < -0.4 is 4.74 Å². The SMILES string of the molecule is CCCCOc1ccccc1C(=O)N1CCC[C@@]2(CCC[C@H]2OC)C1. The molecule has 1 aliphatic heterocycles. The minimum Gasteiger partial charge on any atom is -0.493 e. The van der Waals surface area contributed by atoms with Crippen molar-refractivity contribution in [2.24, 2.45) is 5.41 Å². The van der Waals surface area contributed by atoms with E-state index in [1.165, 1.54) is 19.3 Å². The minimum atomic E-state index is 0.105. The van der Waals surface area contributed by atoms with Crippen molar-refractivity contribution in [3.05, 3.63) is 29.8 Å². The lowest BCUT2D eigenvalue weighted by Gasteiger charge is -2.43. The average Bonchev–Trinajstić information content (AvgIpc) is 3.03. The molecular weight excluding hydrogens is 314 g/mol. The number of ether oxygens (including phenoxy) is 2. The molecule has 1 aliphatic carbocycles. The molecule has 2 fully saturated rings. The first-order valence-corrected chi connectivity index (χ1v) is 9.74. The summed E-state index contributed by atoms with van der Waals surface area (Å²) in [7, 11) is 1.81. The van der Waals surface area contributed by atoms with E-state index in [0.717, 1.165) is 44.5 Å². The van der Waals surface area contributed by atoms with Gasteiger partial charge in [0.25, 0.3) is 5.91 Å². The molecule has 25 heavy (non-hydrogen) atoms. The molecule has 138 valence electrons. The smallest absolute Gasteiger partial charge is 0.257 e.